The number of carbonyl (C=O) groups excluding carboxylic acids is 1. The highest BCUT2D eigenvalue weighted by atomic mass is 16.5. The predicted molar refractivity (Wildman–Crippen MR) is 146 cm³/mol. The monoisotopic (exact) mass is 493 g/mol. The van der Waals surface area contributed by atoms with Gasteiger partial charge >= 0.3 is 6.03 Å². The Labute approximate surface area is 214 Å². The van der Waals surface area contributed by atoms with E-state index >= 15 is 0 Å². The largest absolute Gasteiger partial charge is 0.380 e. The molecule has 186 valence electrons. The van der Waals surface area contributed by atoms with Crippen molar-refractivity contribution in [3.05, 3.63) is 107 Å². The molecule has 8 nitrogen and oxygen atoms in total. The lowest BCUT2D eigenvalue weighted by atomic mass is 10.1. The van der Waals surface area contributed by atoms with E-state index in [9.17, 15) is 9.59 Å². The lowest BCUT2D eigenvalue weighted by Crippen LogP contribution is -2.22. The van der Waals surface area contributed by atoms with Crippen molar-refractivity contribution >= 4 is 28.3 Å². The van der Waals surface area contributed by atoms with Crippen molar-refractivity contribution in [2.45, 2.75) is 13.5 Å². The van der Waals surface area contributed by atoms with Gasteiger partial charge in [0, 0.05) is 42.9 Å². The van der Waals surface area contributed by atoms with Gasteiger partial charge in [0.2, 0.25) is 5.56 Å². The first-order valence-electron chi connectivity index (χ1n) is 11.9. The van der Waals surface area contributed by atoms with Crippen LogP contribution < -0.4 is 16.2 Å². The molecule has 2 N–H and O–H groups in total. The number of pyridine rings is 1. The summed E-state index contributed by atoms with van der Waals surface area (Å²) in [6.07, 6.45) is 1.74. The molecular weight excluding hydrogens is 466 g/mol. The van der Waals surface area contributed by atoms with Crippen LogP contribution in [0.5, 0.6) is 0 Å². The minimum Gasteiger partial charge on any atom is -0.380 e. The summed E-state index contributed by atoms with van der Waals surface area (Å²) in [4.78, 5) is 25.2. The Bertz CT molecular complexity index is 1650. The van der Waals surface area contributed by atoms with E-state index in [-0.39, 0.29) is 5.56 Å². The summed E-state index contributed by atoms with van der Waals surface area (Å²) in [5.74, 6) is 0.535. The molecular formula is C29H27N5O3. The second-order valence-corrected chi connectivity index (χ2v) is 8.81. The number of methoxy groups -OCH3 is 1. The normalized spacial score (nSPS) is 11.0. The summed E-state index contributed by atoms with van der Waals surface area (Å²) in [5.41, 5.74) is 4.62. The Morgan fingerprint density at radius 3 is 2.54 bits per heavy atom. The highest BCUT2D eigenvalue weighted by molar-refractivity contribution is 6.06. The molecule has 37 heavy (non-hydrogen) atoms. The molecule has 0 spiro atoms. The predicted octanol–water partition coefficient (Wildman–Crippen LogP) is 5.49. The molecule has 0 saturated heterocycles. The molecule has 8 heteroatoms. The SMILES string of the molecule is COCc1ccc2cccc(NC(=O)Nc3c(C)c(-c4ccc(=O)n(C)c4)nn3-c3ccccc3)c2c1. The average Bonchev–Trinajstić information content (AvgIpc) is 3.22. The molecule has 2 heterocycles. The molecule has 0 unspecified atom stereocenters. The van der Waals surface area contributed by atoms with Crippen LogP contribution in [0.3, 0.4) is 0 Å². The van der Waals surface area contributed by atoms with Crippen molar-refractivity contribution in [1.82, 2.24) is 14.3 Å². The maximum atomic E-state index is 13.3. The number of carbonyl (C=O) groups is 1. The lowest BCUT2D eigenvalue weighted by molar-refractivity contribution is 0.185. The van der Waals surface area contributed by atoms with Gasteiger partial charge in [-0.1, -0.05) is 42.5 Å². The summed E-state index contributed by atoms with van der Waals surface area (Å²) < 4.78 is 8.48. The van der Waals surface area contributed by atoms with Gasteiger partial charge in [-0.15, -0.1) is 0 Å². The third kappa shape index (κ3) is 4.87. The summed E-state index contributed by atoms with van der Waals surface area (Å²) in [5, 5.41) is 12.7. The molecule has 0 aliphatic rings. The molecule has 2 amide bonds. The number of benzene rings is 3. The average molecular weight is 494 g/mol. The highest BCUT2D eigenvalue weighted by Gasteiger charge is 2.20. The van der Waals surface area contributed by atoms with Gasteiger partial charge in [0.1, 0.15) is 5.82 Å². The van der Waals surface area contributed by atoms with Gasteiger partial charge < -0.3 is 14.6 Å². The van der Waals surface area contributed by atoms with Crippen LogP contribution in [0.1, 0.15) is 11.1 Å². The first-order chi connectivity index (χ1) is 17.9. The molecule has 0 fully saturated rings. The van der Waals surface area contributed by atoms with Crippen LogP contribution in [0.25, 0.3) is 27.7 Å². The van der Waals surface area contributed by atoms with Crippen molar-refractivity contribution < 1.29 is 9.53 Å². The fourth-order valence-electron chi connectivity index (χ4n) is 4.35. The summed E-state index contributed by atoms with van der Waals surface area (Å²) >= 11 is 0. The van der Waals surface area contributed by atoms with Crippen molar-refractivity contribution in [3.63, 3.8) is 0 Å². The number of hydrogen-bond donors (Lipinski definition) is 2. The molecule has 0 radical (unpaired) electrons. The molecule has 0 atom stereocenters. The molecule has 5 aromatic rings. The Hall–Kier alpha value is -4.69. The number of urea groups is 1. The van der Waals surface area contributed by atoms with Crippen molar-refractivity contribution in [1.29, 1.82) is 0 Å². The van der Waals surface area contributed by atoms with Crippen LogP contribution in [0.2, 0.25) is 0 Å². The van der Waals surface area contributed by atoms with Gasteiger partial charge in [0.25, 0.3) is 0 Å². The van der Waals surface area contributed by atoms with E-state index in [0.29, 0.717) is 23.8 Å². The van der Waals surface area contributed by atoms with E-state index in [0.717, 1.165) is 33.2 Å². The van der Waals surface area contributed by atoms with Crippen molar-refractivity contribution in [3.8, 4) is 16.9 Å². The number of hydrogen-bond acceptors (Lipinski definition) is 4. The second-order valence-electron chi connectivity index (χ2n) is 8.81. The smallest absolute Gasteiger partial charge is 0.324 e. The molecule has 0 aliphatic carbocycles. The number of ether oxygens (including phenoxy) is 1. The maximum absolute atomic E-state index is 13.3. The summed E-state index contributed by atoms with van der Waals surface area (Å²) in [7, 11) is 3.35. The van der Waals surface area contributed by atoms with E-state index in [1.54, 1.807) is 31.1 Å². The van der Waals surface area contributed by atoms with Gasteiger partial charge in [-0.3, -0.25) is 10.1 Å². The van der Waals surface area contributed by atoms with Gasteiger partial charge in [-0.05, 0) is 48.2 Å². The number of para-hydroxylation sites is 1. The second kappa shape index (κ2) is 10.1. The van der Waals surface area contributed by atoms with Crippen LogP contribution in [0.15, 0.2) is 89.9 Å². The molecule has 0 aliphatic heterocycles. The molecule has 5 rings (SSSR count). The number of rotatable bonds is 6. The number of fused-ring (bicyclic) bond motifs is 1. The van der Waals surface area contributed by atoms with E-state index in [1.165, 1.54) is 10.6 Å². The Balaban J connectivity index is 1.52. The Kier molecular flexibility index (Phi) is 6.57. The number of anilines is 2. The topological polar surface area (TPSA) is 90.2 Å². The van der Waals surface area contributed by atoms with E-state index in [2.05, 4.69) is 10.6 Å². The fourth-order valence-corrected chi connectivity index (χ4v) is 4.35. The molecule has 3 aromatic carbocycles. The van der Waals surface area contributed by atoms with Gasteiger partial charge in [0.15, 0.2) is 0 Å². The van der Waals surface area contributed by atoms with Crippen LogP contribution in [-0.4, -0.2) is 27.5 Å². The first kappa shape index (κ1) is 24.0. The highest BCUT2D eigenvalue weighted by Crippen LogP contribution is 2.31. The number of aryl methyl sites for hydroxylation is 1. The fraction of sp³-hybridized carbons (Fsp3) is 0.138. The third-order valence-corrected chi connectivity index (χ3v) is 6.22. The van der Waals surface area contributed by atoms with Gasteiger partial charge in [-0.2, -0.15) is 5.10 Å². The number of nitrogens with zero attached hydrogens (tertiary/aromatic N) is 3. The zero-order valence-electron chi connectivity index (χ0n) is 20.9. The number of nitrogens with one attached hydrogen (secondary N) is 2. The van der Waals surface area contributed by atoms with Crippen molar-refractivity contribution in [2.24, 2.45) is 7.05 Å². The van der Waals surface area contributed by atoms with Gasteiger partial charge in [-0.25, -0.2) is 9.48 Å². The van der Waals surface area contributed by atoms with E-state index < -0.39 is 6.03 Å². The molecule has 2 aromatic heterocycles. The number of amides is 2. The molecule has 0 saturated carbocycles. The first-order valence-corrected chi connectivity index (χ1v) is 11.9. The number of aromatic nitrogens is 3. The van der Waals surface area contributed by atoms with Crippen LogP contribution in [0, 0.1) is 6.92 Å². The van der Waals surface area contributed by atoms with Crippen LogP contribution in [-0.2, 0) is 18.4 Å². The van der Waals surface area contributed by atoms with Gasteiger partial charge in [0.05, 0.1) is 23.7 Å². The van der Waals surface area contributed by atoms with E-state index in [1.807, 2.05) is 73.7 Å². The standard InChI is InChI=1S/C29H27N5O3/c1-19-27(22-14-15-26(35)33(2)17-22)32-34(23-9-5-4-6-10-23)28(19)31-29(36)30-25-11-7-8-21-13-12-20(18-37-3)16-24(21)25/h4-17H,18H2,1-3H3,(H2,30,31,36). The minimum atomic E-state index is -0.392. The Morgan fingerprint density at radius 1 is 0.973 bits per heavy atom. The molecule has 0 bridgehead atoms. The lowest BCUT2D eigenvalue weighted by Gasteiger charge is -2.13. The summed E-state index contributed by atoms with van der Waals surface area (Å²) in [6, 6.07) is 24.3. The third-order valence-electron chi connectivity index (χ3n) is 6.22. The van der Waals surface area contributed by atoms with E-state index in [4.69, 9.17) is 9.84 Å². The van der Waals surface area contributed by atoms with Crippen molar-refractivity contribution in [2.75, 3.05) is 17.7 Å². The minimum absolute atomic E-state index is 0.106. The maximum Gasteiger partial charge on any atom is 0.324 e. The zero-order valence-corrected chi connectivity index (χ0v) is 20.9. The Morgan fingerprint density at radius 2 is 1.78 bits per heavy atom. The van der Waals surface area contributed by atoms with Crippen LogP contribution in [0.4, 0.5) is 16.3 Å². The summed E-state index contributed by atoms with van der Waals surface area (Å²) in [6.45, 7) is 2.39. The zero-order chi connectivity index (χ0) is 25.9. The van der Waals surface area contributed by atoms with Crippen LogP contribution >= 0.6 is 0 Å². The quantitative estimate of drug-likeness (QED) is 0.327.